The second-order valence-corrected chi connectivity index (χ2v) is 24.7. The number of unbranched alkanes of at least 4 members (excludes halogenated alkanes) is 2. The van der Waals surface area contributed by atoms with Crippen molar-refractivity contribution in [2.45, 2.75) is 152 Å². The molecule has 4 aromatic rings. The summed E-state index contributed by atoms with van der Waals surface area (Å²) in [5, 5.41) is 110. The van der Waals surface area contributed by atoms with Gasteiger partial charge in [-0.2, -0.15) is 0 Å². The van der Waals surface area contributed by atoms with Crippen LogP contribution in [0.3, 0.4) is 0 Å². The number of hydrogen-bond donors (Lipinski definition) is 14. The lowest BCUT2D eigenvalue weighted by Gasteiger charge is -2.34. The number of aromatic hydroxyl groups is 1. The summed E-state index contributed by atoms with van der Waals surface area (Å²) in [6, 6.07) is 15.3. The number of likely N-dealkylation sites (N-methyl/N-ethyl adjacent to an activating group) is 1. The molecule has 3 heterocycles. The van der Waals surface area contributed by atoms with Gasteiger partial charge in [0.05, 0.1) is 58.8 Å². The van der Waals surface area contributed by atoms with Crippen molar-refractivity contribution in [1.29, 1.82) is 0 Å². The number of nitrogens with zero attached hydrogens (tertiary/aromatic N) is 3. The first-order valence-corrected chi connectivity index (χ1v) is 30.6. The van der Waals surface area contributed by atoms with Crippen molar-refractivity contribution in [2.75, 3.05) is 54.0 Å². The number of amides is 7. The summed E-state index contributed by atoms with van der Waals surface area (Å²) in [6.07, 6.45) is -12.6. The van der Waals surface area contributed by atoms with Crippen LogP contribution < -0.4 is 31.3 Å². The van der Waals surface area contributed by atoms with E-state index < -0.39 is 158 Å². The molecule has 0 bridgehead atoms. The predicted molar refractivity (Wildman–Crippen MR) is 333 cm³/mol. The third-order valence-corrected chi connectivity index (χ3v) is 16.1. The van der Waals surface area contributed by atoms with Crippen LogP contribution in [-0.4, -0.2) is 241 Å². The summed E-state index contributed by atoms with van der Waals surface area (Å²) in [7, 11) is 5.52. The first-order chi connectivity index (χ1) is 43.4. The normalized spacial score (nSPS) is 25.8. The van der Waals surface area contributed by atoms with Gasteiger partial charge in [0.25, 0.3) is 11.9 Å². The summed E-state index contributed by atoms with van der Waals surface area (Å²) in [5.41, 5.74) is 3.48. The molecule has 0 radical (unpaired) electrons. The van der Waals surface area contributed by atoms with Gasteiger partial charge in [-0.1, -0.05) is 87.4 Å². The monoisotopic (exact) mass is 1290 g/mol. The van der Waals surface area contributed by atoms with Gasteiger partial charge in [0, 0.05) is 44.3 Å². The quantitative estimate of drug-likeness (QED) is 0.0457. The van der Waals surface area contributed by atoms with Crippen molar-refractivity contribution in [3.63, 3.8) is 0 Å². The Hall–Kier alpha value is -8.12. The van der Waals surface area contributed by atoms with E-state index in [-0.39, 0.29) is 36.6 Å². The second-order valence-electron chi connectivity index (χ2n) is 24.7. The van der Waals surface area contributed by atoms with E-state index in [9.17, 15) is 74.4 Å². The van der Waals surface area contributed by atoms with Gasteiger partial charge in [-0.25, -0.2) is 0 Å². The van der Waals surface area contributed by atoms with Gasteiger partial charge in [0.15, 0.2) is 6.23 Å². The Labute approximate surface area is 533 Å². The highest BCUT2D eigenvalue weighted by Gasteiger charge is 2.50. The Morgan fingerprint density at radius 1 is 0.652 bits per heavy atom. The van der Waals surface area contributed by atoms with Crippen LogP contribution in [0.5, 0.6) is 11.5 Å². The zero-order valence-electron chi connectivity index (χ0n) is 52.9. The number of aliphatic hydroxyl groups excluding tert-OH is 7. The van der Waals surface area contributed by atoms with Gasteiger partial charge in [0.2, 0.25) is 35.4 Å². The molecule has 502 valence electrons. The van der Waals surface area contributed by atoms with Crippen molar-refractivity contribution in [1.82, 2.24) is 36.4 Å². The Morgan fingerprint density at radius 3 is 1.70 bits per heavy atom. The molecule has 3 aliphatic rings. The smallest absolute Gasteiger partial charge is 0.300 e. The number of phenolic OH excluding ortho intramolecular Hbond substituents is 1. The van der Waals surface area contributed by atoms with Crippen molar-refractivity contribution in [3.8, 4) is 33.8 Å². The van der Waals surface area contributed by atoms with Gasteiger partial charge in [0.1, 0.15) is 72.6 Å². The molecular weight excluding hydrogens is 1200 g/mol. The fraction of sp³-hybridized carbons (Fsp3) is 0.508. The van der Waals surface area contributed by atoms with Crippen LogP contribution in [-0.2, 0) is 38.3 Å². The first kappa shape index (κ1) is 72.9. The summed E-state index contributed by atoms with van der Waals surface area (Å²) < 4.78 is 12.3. The largest absolute Gasteiger partial charge is 0.508 e. The topological polar surface area (TPSA) is 404 Å². The number of aliphatic carboxylic acids is 1. The fourth-order valence-electron chi connectivity index (χ4n) is 10.8. The maximum Gasteiger partial charge on any atom is 0.300 e. The molecule has 3 aliphatic heterocycles. The van der Waals surface area contributed by atoms with Gasteiger partial charge in [-0.3, -0.25) is 38.4 Å². The van der Waals surface area contributed by atoms with Gasteiger partial charge >= 0.3 is 0 Å². The number of quaternary nitrogens is 1. The SMILES string of the molecule is CC(=O)O.CCCCCOc1ccc(-c2ccc(-c3ccc(C(=O)N[C@H]4C[C@@H](O)[C@@H](OCC[N+](C)(C)C)NC(=O)[C@@H]5[C@@H](O)[C@@H](C)CN5C(=O)[C@H]([C@@H](C)O)NC(=O)[C@H]([C@H](O)[C@H](O)c5ccc(O)cc5)NC(=O)[C@@H]5C[C@@H](O)CN5C(=O)[C@H]([C@@H](C)O)NC4=O)cc3)cc2)cc1. The maximum absolute atomic E-state index is 14.8. The van der Waals surface area contributed by atoms with E-state index in [1.807, 2.05) is 69.7 Å². The third-order valence-electron chi connectivity index (χ3n) is 16.1. The molecule has 0 unspecified atom stereocenters. The molecule has 27 nitrogen and oxygen atoms in total. The van der Waals surface area contributed by atoms with E-state index in [1.165, 1.54) is 43.3 Å². The van der Waals surface area contributed by atoms with E-state index in [1.54, 1.807) is 12.1 Å². The molecule has 92 heavy (non-hydrogen) atoms. The molecule has 3 fully saturated rings. The van der Waals surface area contributed by atoms with Gasteiger partial charge in [-0.05, 0) is 84.5 Å². The lowest BCUT2D eigenvalue weighted by atomic mass is 9.96. The minimum atomic E-state index is -2.29. The summed E-state index contributed by atoms with van der Waals surface area (Å²) in [4.78, 5) is 113. The highest BCUT2D eigenvalue weighted by Crippen LogP contribution is 2.30. The number of phenols is 1. The van der Waals surface area contributed by atoms with Gasteiger partial charge in [-0.15, -0.1) is 0 Å². The number of carbonyl (C=O) groups excluding carboxylic acids is 7. The Kier molecular flexibility index (Phi) is 26.1. The van der Waals surface area contributed by atoms with E-state index in [2.05, 4.69) is 33.5 Å². The Morgan fingerprint density at radius 2 is 1.16 bits per heavy atom. The number of aliphatic hydroxyl groups is 7. The van der Waals surface area contributed by atoms with Crippen LogP contribution in [0.1, 0.15) is 88.7 Å². The molecule has 0 aromatic heterocycles. The summed E-state index contributed by atoms with van der Waals surface area (Å²) >= 11 is 0. The fourth-order valence-corrected chi connectivity index (χ4v) is 10.8. The molecule has 4 aromatic carbocycles. The van der Waals surface area contributed by atoms with E-state index in [0.717, 1.165) is 77.8 Å². The summed E-state index contributed by atoms with van der Waals surface area (Å²) in [5.74, 6) is -9.08. The molecule has 14 N–H and O–H groups in total. The van der Waals surface area contributed by atoms with Crippen molar-refractivity contribution >= 4 is 47.3 Å². The van der Waals surface area contributed by atoms with E-state index in [0.29, 0.717) is 11.1 Å². The number of hydrogen-bond acceptors (Lipinski definition) is 18. The Bertz CT molecular complexity index is 3140. The number of ether oxygens (including phenoxy) is 2. The number of rotatable bonds is 18. The molecule has 27 heteroatoms. The molecule has 15 atom stereocenters. The number of benzene rings is 4. The third kappa shape index (κ3) is 19.7. The van der Waals surface area contributed by atoms with Crippen molar-refractivity contribution in [2.24, 2.45) is 5.92 Å². The van der Waals surface area contributed by atoms with E-state index >= 15 is 0 Å². The van der Waals surface area contributed by atoms with Crippen molar-refractivity contribution < 1.29 is 98.3 Å². The maximum atomic E-state index is 14.8. The van der Waals surface area contributed by atoms with E-state index in [4.69, 9.17) is 19.4 Å². The molecule has 0 spiro atoms. The molecule has 7 rings (SSSR count). The lowest BCUT2D eigenvalue weighted by Crippen LogP contribution is -2.64. The number of fused-ring (bicyclic) bond motifs is 2. The highest BCUT2D eigenvalue weighted by molar-refractivity contribution is 6.00. The first-order valence-electron chi connectivity index (χ1n) is 30.6. The molecular formula is C65H89N8O19+. The van der Waals surface area contributed by atoms with Gasteiger partial charge < -0.3 is 96.3 Å². The molecule has 0 saturated carbocycles. The standard InChI is InChI=1S/C63H84N8O17.C2H4O2/c1-8-9-10-28-87-45-25-21-40(22-26-45)38-13-11-37(12-14-38)39-15-17-42(18-16-39)56(80)64-46-31-48(76)61(88-29-27-71(5,6)7)68-60(84)52-53(77)34(2)32-70(52)63(86)50(36(4)73)66-59(83)51(55(79)54(78)41-19-23-43(74)24-20-41)67-58(82)47-30-44(75)33-69(47)62(85)49(35(3)72)65-57(46)81;1-2(3)4/h11-26,34-36,44,46-55,61,72-73,75-79H,8-10,27-33H2,1-7H3,(H5-,64,65,66,67,68,74,80,81,82,83,84);1H3,(H,3,4)/p+1/t34-,35+,36+,44+,46-,47-,48+,49-,50-,51-,52-,53-,54+,55-,61+;/m0./s1. The highest BCUT2D eigenvalue weighted by atomic mass is 16.5. The minimum absolute atomic E-state index is 0.0470. The van der Waals surface area contributed by atoms with Crippen molar-refractivity contribution in [3.05, 3.63) is 108 Å². The van der Waals surface area contributed by atoms with Crippen LogP contribution in [0.25, 0.3) is 22.3 Å². The number of carboxylic acids is 1. The molecule has 0 aliphatic carbocycles. The van der Waals surface area contributed by atoms with Crippen LogP contribution >= 0.6 is 0 Å². The summed E-state index contributed by atoms with van der Waals surface area (Å²) in [6.45, 7) is 6.88. The minimum Gasteiger partial charge on any atom is -0.508 e. The average molecular weight is 1290 g/mol. The molecule has 3 saturated heterocycles. The van der Waals surface area contributed by atoms with Crippen LogP contribution in [0.2, 0.25) is 0 Å². The zero-order valence-corrected chi connectivity index (χ0v) is 52.9. The second kappa shape index (κ2) is 32.9. The van der Waals surface area contributed by atoms with Crippen LogP contribution in [0.15, 0.2) is 97.1 Å². The van der Waals surface area contributed by atoms with Crippen LogP contribution in [0, 0.1) is 5.92 Å². The van der Waals surface area contributed by atoms with Crippen LogP contribution in [0.4, 0.5) is 0 Å². The average Bonchev–Trinajstić information content (AvgIpc) is 1.63. The predicted octanol–water partition coefficient (Wildman–Crippen LogP) is -0.106. The number of nitrogens with one attached hydrogen (secondary N) is 5. The number of carboxylic acid groups (broad SMARTS) is 1. The zero-order chi connectivity index (χ0) is 67.9. The molecule has 7 amide bonds. The number of carbonyl (C=O) groups is 8. The Balaban J connectivity index is 0.00000326. The lowest BCUT2D eigenvalue weighted by molar-refractivity contribution is -0.870.